The standard InChI is InChI=1S/C30H35FN4O3/c1-21(2)18-29(36)33-24-12-13-26(25(19-24)30(37)32-20-22-8-10-23(31)11-9-22)34-14-16-35(17-15-34)27-6-4-5-7-28(27)38-3/h4-13,19,21H,14-18,20H2,1-3H3,(H,32,37)(H,33,36). The lowest BCUT2D eigenvalue weighted by atomic mass is 10.1. The van der Waals surface area contributed by atoms with E-state index in [0.717, 1.165) is 48.9 Å². The van der Waals surface area contributed by atoms with Gasteiger partial charge in [0.1, 0.15) is 11.6 Å². The molecule has 3 aromatic carbocycles. The Morgan fingerprint density at radius 1 is 0.921 bits per heavy atom. The molecule has 0 radical (unpaired) electrons. The van der Waals surface area contributed by atoms with Gasteiger partial charge < -0.3 is 25.2 Å². The maximum Gasteiger partial charge on any atom is 0.253 e. The molecular formula is C30H35FN4O3. The highest BCUT2D eigenvalue weighted by molar-refractivity contribution is 6.02. The predicted octanol–water partition coefficient (Wildman–Crippen LogP) is 5.08. The van der Waals surface area contributed by atoms with Gasteiger partial charge >= 0.3 is 0 Å². The number of nitrogens with one attached hydrogen (secondary N) is 2. The molecule has 1 fully saturated rings. The average Bonchev–Trinajstić information content (AvgIpc) is 2.92. The monoisotopic (exact) mass is 518 g/mol. The second kappa shape index (κ2) is 12.4. The van der Waals surface area contributed by atoms with Crippen LogP contribution in [0.25, 0.3) is 0 Å². The smallest absolute Gasteiger partial charge is 0.253 e. The fourth-order valence-electron chi connectivity index (χ4n) is 4.61. The normalized spacial score (nSPS) is 13.4. The first-order valence-corrected chi connectivity index (χ1v) is 12.9. The van der Waals surface area contributed by atoms with Crippen LogP contribution in [0.15, 0.2) is 66.7 Å². The zero-order chi connectivity index (χ0) is 27.1. The van der Waals surface area contributed by atoms with Crippen LogP contribution in [0.1, 0.15) is 36.2 Å². The minimum atomic E-state index is -0.320. The number of anilines is 3. The second-order valence-electron chi connectivity index (χ2n) is 9.83. The molecule has 0 aliphatic carbocycles. The van der Waals surface area contributed by atoms with Gasteiger partial charge in [-0.05, 0) is 53.9 Å². The molecule has 0 spiro atoms. The Labute approximate surface area is 223 Å². The summed E-state index contributed by atoms with van der Waals surface area (Å²) < 4.78 is 18.8. The topological polar surface area (TPSA) is 73.9 Å². The predicted molar refractivity (Wildman–Crippen MR) is 150 cm³/mol. The van der Waals surface area contributed by atoms with Gasteiger partial charge in [0.05, 0.1) is 18.4 Å². The van der Waals surface area contributed by atoms with Crippen LogP contribution < -0.4 is 25.2 Å². The Kier molecular flexibility index (Phi) is 8.84. The summed E-state index contributed by atoms with van der Waals surface area (Å²) in [6.45, 7) is 7.21. The molecule has 7 nitrogen and oxygen atoms in total. The highest BCUT2D eigenvalue weighted by atomic mass is 19.1. The lowest BCUT2D eigenvalue weighted by Crippen LogP contribution is -2.47. The van der Waals surface area contributed by atoms with Gasteiger partial charge in [0.2, 0.25) is 5.91 Å². The summed E-state index contributed by atoms with van der Waals surface area (Å²) in [6.07, 6.45) is 0.402. The van der Waals surface area contributed by atoms with Gasteiger partial charge in [0.15, 0.2) is 0 Å². The Hall–Kier alpha value is -4.07. The fraction of sp³-hybridized carbons (Fsp3) is 0.333. The highest BCUT2D eigenvalue weighted by Gasteiger charge is 2.24. The van der Waals surface area contributed by atoms with Gasteiger partial charge in [0, 0.05) is 50.5 Å². The Bertz CT molecular complexity index is 1250. The number of nitrogens with zero attached hydrogens (tertiary/aromatic N) is 2. The number of halogens is 1. The Balaban J connectivity index is 1.53. The van der Waals surface area contributed by atoms with Crippen LogP contribution in [-0.4, -0.2) is 45.1 Å². The Morgan fingerprint density at radius 3 is 2.24 bits per heavy atom. The van der Waals surface area contributed by atoms with E-state index >= 15 is 0 Å². The van der Waals surface area contributed by atoms with Gasteiger partial charge in [-0.25, -0.2) is 4.39 Å². The molecule has 4 rings (SSSR count). The summed E-state index contributed by atoms with van der Waals surface area (Å²) >= 11 is 0. The SMILES string of the molecule is COc1ccccc1N1CCN(c2ccc(NC(=O)CC(C)C)cc2C(=O)NCc2ccc(F)cc2)CC1. The number of methoxy groups -OCH3 is 1. The van der Waals surface area contributed by atoms with Crippen LogP contribution in [0.2, 0.25) is 0 Å². The molecule has 1 aliphatic heterocycles. The first kappa shape index (κ1) is 27.0. The molecule has 38 heavy (non-hydrogen) atoms. The van der Waals surface area contributed by atoms with E-state index in [0.29, 0.717) is 17.7 Å². The summed E-state index contributed by atoms with van der Waals surface area (Å²) in [4.78, 5) is 30.2. The highest BCUT2D eigenvalue weighted by Crippen LogP contribution is 2.31. The summed E-state index contributed by atoms with van der Waals surface area (Å²) in [5.74, 6) is 0.405. The molecule has 1 heterocycles. The number of carbonyl (C=O) groups excluding carboxylic acids is 2. The van der Waals surface area contributed by atoms with Crippen molar-refractivity contribution in [1.29, 1.82) is 0 Å². The molecular weight excluding hydrogens is 483 g/mol. The largest absolute Gasteiger partial charge is 0.495 e. The van der Waals surface area contributed by atoms with Gasteiger partial charge in [-0.15, -0.1) is 0 Å². The number of rotatable bonds is 9. The van der Waals surface area contributed by atoms with Gasteiger partial charge in [0.25, 0.3) is 5.91 Å². The molecule has 2 amide bonds. The van der Waals surface area contributed by atoms with Crippen LogP contribution in [0.4, 0.5) is 21.5 Å². The molecule has 0 saturated carbocycles. The molecule has 0 bridgehead atoms. The van der Waals surface area contributed by atoms with Crippen molar-refractivity contribution in [3.8, 4) is 5.75 Å². The summed E-state index contributed by atoms with van der Waals surface area (Å²) in [5, 5.41) is 5.87. The summed E-state index contributed by atoms with van der Waals surface area (Å²) in [6, 6.07) is 19.5. The Morgan fingerprint density at radius 2 is 1.58 bits per heavy atom. The summed E-state index contributed by atoms with van der Waals surface area (Å²) in [5.41, 5.74) is 3.73. The zero-order valence-corrected chi connectivity index (χ0v) is 22.2. The van der Waals surface area contributed by atoms with Crippen molar-refractivity contribution < 1.29 is 18.7 Å². The number of hydrogen-bond donors (Lipinski definition) is 2. The van der Waals surface area contributed by atoms with Crippen LogP contribution in [0.3, 0.4) is 0 Å². The van der Waals surface area contributed by atoms with E-state index in [1.807, 2.05) is 44.2 Å². The fourth-order valence-corrected chi connectivity index (χ4v) is 4.61. The first-order chi connectivity index (χ1) is 18.3. The van der Waals surface area contributed by atoms with Crippen LogP contribution in [0.5, 0.6) is 5.75 Å². The lowest BCUT2D eigenvalue weighted by Gasteiger charge is -2.38. The minimum absolute atomic E-state index is 0.0872. The van der Waals surface area contributed by atoms with Crippen LogP contribution >= 0.6 is 0 Å². The van der Waals surface area contributed by atoms with E-state index in [-0.39, 0.29) is 30.1 Å². The number of carbonyl (C=O) groups is 2. The van der Waals surface area contributed by atoms with Crippen molar-refractivity contribution in [3.05, 3.63) is 83.7 Å². The van der Waals surface area contributed by atoms with Crippen molar-refractivity contribution in [3.63, 3.8) is 0 Å². The van der Waals surface area contributed by atoms with E-state index < -0.39 is 0 Å². The molecule has 200 valence electrons. The van der Waals surface area contributed by atoms with Crippen molar-refractivity contribution in [2.45, 2.75) is 26.8 Å². The molecule has 8 heteroatoms. The summed E-state index contributed by atoms with van der Waals surface area (Å²) in [7, 11) is 1.67. The molecule has 0 atom stereocenters. The number of ether oxygens (including phenoxy) is 1. The maximum atomic E-state index is 13.4. The van der Waals surface area contributed by atoms with Gasteiger partial charge in [-0.2, -0.15) is 0 Å². The van der Waals surface area contributed by atoms with Crippen LogP contribution in [-0.2, 0) is 11.3 Å². The third-order valence-electron chi connectivity index (χ3n) is 6.53. The molecule has 3 aromatic rings. The van der Waals surface area contributed by atoms with Crippen molar-refractivity contribution in [2.75, 3.05) is 48.4 Å². The van der Waals surface area contributed by atoms with Crippen molar-refractivity contribution in [1.82, 2.24) is 5.32 Å². The van der Waals surface area contributed by atoms with E-state index in [2.05, 4.69) is 26.5 Å². The second-order valence-corrected chi connectivity index (χ2v) is 9.83. The molecule has 0 unspecified atom stereocenters. The number of para-hydroxylation sites is 2. The third-order valence-corrected chi connectivity index (χ3v) is 6.53. The van der Waals surface area contributed by atoms with Gasteiger partial charge in [-0.1, -0.05) is 38.1 Å². The lowest BCUT2D eigenvalue weighted by molar-refractivity contribution is -0.116. The molecule has 1 saturated heterocycles. The van der Waals surface area contributed by atoms with E-state index in [1.54, 1.807) is 25.3 Å². The zero-order valence-electron chi connectivity index (χ0n) is 22.2. The third kappa shape index (κ3) is 6.82. The maximum absolute atomic E-state index is 13.4. The molecule has 2 N–H and O–H groups in total. The van der Waals surface area contributed by atoms with E-state index in [9.17, 15) is 14.0 Å². The number of amides is 2. The van der Waals surface area contributed by atoms with E-state index in [1.165, 1.54) is 12.1 Å². The van der Waals surface area contributed by atoms with Crippen molar-refractivity contribution in [2.24, 2.45) is 5.92 Å². The number of hydrogen-bond acceptors (Lipinski definition) is 5. The molecule has 1 aliphatic rings. The quantitative estimate of drug-likeness (QED) is 0.414. The number of piperazine rings is 1. The first-order valence-electron chi connectivity index (χ1n) is 12.9. The molecule has 0 aromatic heterocycles. The minimum Gasteiger partial charge on any atom is -0.495 e. The number of benzene rings is 3. The van der Waals surface area contributed by atoms with Crippen molar-refractivity contribution >= 4 is 28.9 Å². The van der Waals surface area contributed by atoms with E-state index in [4.69, 9.17) is 4.74 Å². The van der Waals surface area contributed by atoms with Gasteiger partial charge in [-0.3, -0.25) is 9.59 Å². The average molecular weight is 519 g/mol. The van der Waals surface area contributed by atoms with Crippen LogP contribution in [0, 0.1) is 11.7 Å².